The van der Waals surface area contributed by atoms with Gasteiger partial charge in [-0.2, -0.15) is 0 Å². The molecule has 2 heteroatoms. The van der Waals surface area contributed by atoms with Crippen LogP contribution < -0.4 is 4.74 Å². The largest absolute Gasteiger partial charge is 0.489 e. The van der Waals surface area contributed by atoms with Gasteiger partial charge in [0.2, 0.25) is 0 Å². The Morgan fingerprint density at radius 1 is 1.25 bits per heavy atom. The van der Waals surface area contributed by atoms with Crippen molar-refractivity contribution in [3.05, 3.63) is 40.4 Å². The highest BCUT2D eigenvalue weighted by atomic mass is 79.9. The molecular formula is C10H9BrO. The van der Waals surface area contributed by atoms with Crippen molar-refractivity contribution >= 4 is 15.9 Å². The predicted octanol–water partition coefficient (Wildman–Crippen LogP) is 2.94. The third-order valence-electron chi connectivity index (χ3n) is 1.86. The van der Waals surface area contributed by atoms with Gasteiger partial charge < -0.3 is 4.74 Å². The smallest absolute Gasteiger partial charge is 0.123 e. The molecule has 12 heavy (non-hydrogen) atoms. The average Bonchev–Trinajstić information content (AvgIpc) is 2.28. The summed E-state index contributed by atoms with van der Waals surface area (Å²) in [6, 6.07) is 6.11. The van der Waals surface area contributed by atoms with E-state index in [4.69, 9.17) is 4.74 Å². The molecule has 1 heterocycles. The van der Waals surface area contributed by atoms with Crippen LogP contribution in [0.2, 0.25) is 0 Å². The average molecular weight is 225 g/mol. The third-order valence-corrected chi connectivity index (χ3v) is 2.36. The van der Waals surface area contributed by atoms with Crippen LogP contribution in [0.15, 0.2) is 34.8 Å². The Morgan fingerprint density at radius 2 is 2.17 bits per heavy atom. The van der Waals surface area contributed by atoms with Crippen LogP contribution in [0.1, 0.15) is 5.56 Å². The van der Waals surface area contributed by atoms with Gasteiger partial charge in [-0.05, 0) is 30.2 Å². The van der Waals surface area contributed by atoms with E-state index in [1.165, 1.54) is 5.56 Å². The van der Waals surface area contributed by atoms with Crippen molar-refractivity contribution in [1.82, 2.24) is 0 Å². The first-order valence-corrected chi connectivity index (χ1v) is 4.72. The first kappa shape index (κ1) is 7.87. The molecule has 0 unspecified atom stereocenters. The molecule has 1 aliphatic heterocycles. The van der Waals surface area contributed by atoms with Crippen LogP contribution in [-0.4, -0.2) is 6.61 Å². The van der Waals surface area contributed by atoms with Crippen LogP contribution in [0.25, 0.3) is 0 Å². The van der Waals surface area contributed by atoms with Crippen LogP contribution in [0.3, 0.4) is 0 Å². The molecule has 1 aromatic rings. The van der Waals surface area contributed by atoms with Gasteiger partial charge in [0.1, 0.15) is 12.4 Å². The van der Waals surface area contributed by atoms with Gasteiger partial charge in [-0.1, -0.05) is 28.1 Å². The second kappa shape index (κ2) is 3.31. The quantitative estimate of drug-likeness (QED) is 0.617. The number of halogens is 1. The maximum absolute atomic E-state index is 5.50. The molecule has 0 N–H and O–H groups in total. The van der Waals surface area contributed by atoms with E-state index in [-0.39, 0.29) is 0 Å². The lowest BCUT2D eigenvalue weighted by molar-refractivity contribution is 0.362. The molecular weight excluding hydrogens is 216 g/mol. The van der Waals surface area contributed by atoms with E-state index in [9.17, 15) is 0 Å². The van der Waals surface area contributed by atoms with Gasteiger partial charge >= 0.3 is 0 Å². The van der Waals surface area contributed by atoms with Gasteiger partial charge in [0.25, 0.3) is 0 Å². The minimum atomic E-state index is 0.689. The van der Waals surface area contributed by atoms with Crippen molar-refractivity contribution in [1.29, 1.82) is 0 Å². The maximum Gasteiger partial charge on any atom is 0.123 e. The van der Waals surface area contributed by atoms with Crippen LogP contribution in [0, 0.1) is 0 Å². The molecule has 0 fully saturated rings. The summed E-state index contributed by atoms with van der Waals surface area (Å²) in [4.78, 5) is 0. The number of hydrogen-bond donors (Lipinski definition) is 0. The zero-order valence-corrected chi connectivity index (χ0v) is 8.17. The highest BCUT2D eigenvalue weighted by molar-refractivity contribution is 9.10. The van der Waals surface area contributed by atoms with Crippen LogP contribution in [-0.2, 0) is 6.42 Å². The SMILES string of the molecule is Brc1ccc2c(c1)CC=CCO2. The van der Waals surface area contributed by atoms with E-state index in [1.54, 1.807) is 0 Å². The number of hydrogen-bond acceptors (Lipinski definition) is 1. The first-order chi connectivity index (χ1) is 5.86. The number of ether oxygens (including phenoxy) is 1. The van der Waals surface area contributed by atoms with Crippen molar-refractivity contribution in [2.75, 3.05) is 6.61 Å². The standard InChI is InChI=1S/C10H9BrO/c11-9-4-5-10-8(7-9)3-1-2-6-12-10/h1-2,4-5,7H,3,6H2. The highest BCUT2D eigenvalue weighted by Crippen LogP contribution is 2.25. The van der Waals surface area contributed by atoms with E-state index in [1.807, 2.05) is 18.2 Å². The Bertz CT molecular complexity index is 318. The van der Waals surface area contributed by atoms with Gasteiger partial charge in [-0.25, -0.2) is 0 Å². The fraction of sp³-hybridized carbons (Fsp3) is 0.200. The molecule has 0 saturated heterocycles. The summed E-state index contributed by atoms with van der Waals surface area (Å²) >= 11 is 3.44. The van der Waals surface area contributed by atoms with E-state index >= 15 is 0 Å². The third kappa shape index (κ3) is 1.53. The molecule has 0 atom stereocenters. The molecule has 1 nitrogen and oxygen atoms in total. The second-order valence-electron chi connectivity index (χ2n) is 2.74. The summed E-state index contributed by atoms with van der Waals surface area (Å²) in [5.74, 6) is 1.00. The van der Waals surface area contributed by atoms with E-state index in [2.05, 4.69) is 28.1 Å². The molecule has 62 valence electrons. The summed E-state index contributed by atoms with van der Waals surface area (Å²) in [7, 11) is 0. The predicted molar refractivity (Wildman–Crippen MR) is 52.5 cm³/mol. The van der Waals surface area contributed by atoms with Gasteiger partial charge in [0.15, 0.2) is 0 Å². The zero-order valence-electron chi connectivity index (χ0n) is 6.59. The van der Waals surface area contributed by atoms with Crippen molar-refractivity contribution in [3.8, 4) is 5.75 Å². The normalized spacial score (nSPS) is 14.8. The van der Waals surface area contributed by atoms with E-state index in [0.717, 1.165) is 16.6 Å². The number of rotatable bonds is 0. The van der Waals surface area contributed by atoms with Crippen molar-refractivity contribution in [2.45, 2.75) is 6.42 Å². The van der Waals surface area contributed by atoms with Crippen molar-refractivity contribution in [3.63, 3.8) is 0 Å². The zero-order chi connectivity index (χ0) is 8.39. The van der Waals surface area contributed by atoms with Crippen molar-refractivity contribution < 1.29 is 4.74 Å². The van der Waals surface area contributed by atoms with E-state index in [0.29, 0.717) is 6.61 Å². The molecule has 1 aromatic carbocycles. The van der Waals surface area contributed by atoms with Gasteiger partial charge in [0, 0.05) is 4.47 Å². The van der Waals surface area contributed by atoms with Crippen LogP contribution >= 0.6 is 15.9 Å². The summed E-state index contributed by atoms with van der Waals surface area (Å²) in [6.45, 7) is 0.689. The number of fused-ring (bicyclic) bond motifs is 1. The minimum absolute atomic E-state index is 0.689. The fourth-order valence-corrected chi connectivity index (χ4v) is 1.67. The lowest BCUT2D eigenvalue weighted by Gasteiger charge is -2.06. The maximum atomic E-state index is 5.50. The molecule has 0 amide bonds. The van der Waals surface area contributed by atoms with Gasteiger partial charge in [-0.15, -0.1) is 0 Å². The monoisotopic (exact) mass is 224 g/mol. The minimum Gasteiger partial charge on any atom is -0.489 e. The Morgan fingerprint density at radius 3 is 3.08 bits per heavy atom. The lowest BCUT2D eigenvalue weighted by atomic mass is 10.1. The first-order valence-electron chi connectivity index (χ1n) is 3.92. The number of allylic oxidation sites excluding steroid dienone is 1. The molecule has 0 bridgehead atoms. The summed E-state index contributed by atoms with van der Waals surface area (Å²) in [6.07, 6.45) is 5.15. The lowest BCUT2D eigenvalue weighted by Crippen LogP contribution is -1.93. The van der Waals surface area contributed by atoms with Crippen molar-refractivity contribution in [2.24, 2.45) is 0 Å². The fourth-order valence-electron chi connectivity index (χ4n) is 1.26. The summed E-state index contributed by atoms with van der Waals surface area (Å²) < 4.78 is 6.61. The molecule has 0 aromatic heterocycles. The van der Waals surface area contributed by atoms with Gasteiger partial charge in [-0.3, -0.25) is 0 Å². The highest BCUT2D eigenvalue weighted by Gasteiger charge is 2.04. The summed E-state index contributed by atoms with van der Waals surface area (Å²) in [5.41, 5.74) is 1.25. The Hall–Kier alpha value is -0.760. The molecule has 0 radical (unpaired) electrons. The van der Waals surface area contributed by atoms with Crippen LogP contribution in [0.5, 0.6) is 5.75 Å². The molecule has 0 spiro atoms. The Labute approximate surface area is 80.2 Å². The van der Waals surface area contributed by atoms with Crippen LogP contribution in [0.4, 0.5) is 0 Å². The Balaban J connectivity index is 2.42. The summed E-state index contributed by atoms with van der Waals surface area (Å²) in [5, 5.41) is 0. The van der Waals surface area contributed by atoms with Gasteiger partial charge in [0.05, 0.1) is 0 Å². The molecule has 0 saturated carbocycles. The topological polar surface area (TPSA) is 9.23 Å². The second-order valence-corrected chi connectivity index (χ2v) is 3.65. The van der Waals surface area contributed by atoms with E-state index < -0.39 is 0 Å². The molecule has 0 aliphatic carbocycles. The molecule has 2 rings (SSSR count). The number of benzene rings is 1. The Kier molecular flexibility index (Phi) is 2.17. The molecule has 1 aliphatic rings.